The van der Waals surface area contributed by atoms with Gasteiger partial charge in [-0.05, 0) is 55.0 Å². The third-order valence-corrected chi connectivity index (χ3v) is 4.55. The fourth-order valence-electron chi connectivity index (χ4n) is 2.94. The maximum Gasteiger partial charge on any atom is 0.262 e. The summed E-state index contributed by atoms with van der Waals surface area (Å²) in [6.45, 7) is 1.81. The van der Waals surface area contributed by atoms with Crippen LogP contribution < -0.4 is 4.74 Å². The van der Waals surface area contributed by atoms with Crippen LogP contribution in [0.2, 0.25) is 5.02 Å². The Kier molecular flexibility index (Phi) is 4.79. The summed E-state index contributed by atoms with van der Waals surface area (Å²) in [7, 11) is 1.57. The number of carbonyl (C=O) groups is 2. The van der Waals surface area contributed by atoms with Gasteiger partial charge in [0.05, 0.1) is 12.6 Å². The number of methoxy groups -OCH3 is 1. The van der Waals surface area contributed by atoms with E-state index in [0.717, 1.165) is 10.9 Å². The molecule has 0 bridgehead atoms. The number of nitrogens with zero attached hydrogens (tertiary/aromatic N) is 1. The summed E-state index contributed by atoms with van der Waals surface area (Å²) in [5.41, 5.74) is 2.67. The van der Waals surface area contributed by atoms with Gasteiger partial charge in [0.25, 0.3) is 5.91 Å². The van der Waals surface area contributed by atoms with Gasteiger partial charge in [0.1, 0.15) is 5.75 Å². The lowest BCUT2D eigenvalue weighted by Gasteiger charge is -2.08. The van der Waals surface area contributed by atoms with Gasteiger partial charge in [0, 0.05) is 33.2 Å². The minimum Gasteiger partial charge on any atom is -0.742 e. The second-order valence-electron chi connectivity index (χ2n) is 5.64. The van der Waals surface area contributed by atoms with E-state index in [0.29, 0.717) is 27.5 Å². The lowest BCUT2D eigenvalue weighted by Crippen LogP contribution is -2.14. The van der Waals surface area contributed by atoms with Gasteiger partial charge in [-0.25, -0.2) is 0 Å². The lowest BCUT2D eigenvalue weighted by molar-refractivity contribution is -0.110. The van der Waals surface area contributed by atoms with Crippen molar-refractivity contribution in [2.24, 2.45) is 0 Å². The Morgan fingerprint density at radius 2 is 1.84 bits per heavy atom. The molecule has 0 spiro atoms. The molecule has 0 aliphatic carbocycles. The van der Waals surface area contributed by atoms with Crippen LogP contribution in [0.1, 0.15) is 21.6 Å². The molecule has 0 unspecified atom stereocenters. The molecular weight excluding hydrogens is 358 g/mol. The first-order valence-electron chi connectivity index (χ1n) is 7.60. The number of hydrogen-bond acceptors (Lipinski definition) is 4. The Balaban J connectivity index is 2.23. The quantitative estimate of drug-likeness (QED) is 0.651. The molecule has 3 aromatic rings. The molecule has 6 heteroatoms. The minimum atomic E-state index is -0.371. The zero-order chi connectivity index (χ0) is 18.1. The molecule has 1 heterocycles. The van der Waals surface area contributed by atoms with Crippen LogP contribution in [0.4, 0.5) is 0 Å². The van der Waals surface area contributed by atoms with Crippen molar-refractivity contribution < 1.29 is 14.3 Å². The van der Waals surface area contributed by atoms with Crippen LogP contribution in [0.25, 0.3) is 10.9 Å². The Labute approximate surface area is 155 Å². The van der Waals surface area contributed by atoms with Crippen molar-refractivity contribution in [2.75, 3.05) is 7.11 Å². The Bertz CT molecular complexity index is 976. The van der Waals surface area contributed by atoms with E-state index in [1.807, 2.05) is 19.1 Å². The van der Waals surface area contributed by atoms with Crippen LogP contribution in [0, 0.1) is 6.92 Å². The molecule has 0 fully saturated rings. The van der Waals surface area contributed by atoms with E-state index < -0.39 is 0 Å². The van der Waals surface area contributed by atoms with Crippen LogP contribution in [0.3, 0.4) is 0 Å². The zero-order valence-electron chi connectivity index (χ0n) is 13.7. The van der Waals surface area contributed by atoms with Gasteiger partial charge in [0.2, 0.25) is 0 Å². The maximum atomic E-state index is 13.0. The molecule has 128 valence electrons. The van der Waals surface area contributed by atoms with Gasteiger partial charge >= 0.3 is 0 Å². The Hall–Kier alpha value is -2.37. The van der Waals surface area contributed by atoms with Crippen LogP contribution in [-0.4, -0.2) is 22.7 Å². The largest absolute Gasteiger partial charge is 0.742 e. The Morgan fingerprint density at radius 1 is 1.16 bits per heavy atom. The molecule has 0 radical (unpaired) electrons. The molecule has 0 saturated carbocycles. The molecule has 0 aliphatic heterocycles. The third-order valence-electron chi connectivity index (χ3n) is 4.16. The second-order valence-corrected chi connectivity index (χ2v) is 6.54. The van der Waals surface area contributed by atoms with Gasteiger partial charge in [-0.2, -0.15) is 0 Å². The van der Waals surface area contributed by atoms with Gasteiger partial charge in [-0.1, -0.05) is 11.6 Å². The summed E-state index contributed by atoms with van der Waals surface area (Å²) in [6.07, 6.45) is 0.0890. The zero-order valence-corrected chi connectivity index (χ0v) is 15.3. The van der Waals surface area contributed by atoms with E-state index in [-0.39, 0.29) is 17.4 Å². The van der Waals surface area contributed by atoms with Crippen LogP contribution in [-0.2, 0) is 23.8 Å². The lowest BCUT2D eigenvalue weighted by atomic mass is 10.1. The number of hydrogen-bond donors (Lipinski definition) is 0. The summed E-state index contributed by atoms with van der Waals surface area (Å²) in [4.78, 5) is 24.5. The first kappa shape index (κ1) is 17.5. The van der Waals surface area contributed by atoms with Gasteiger partial charge in [-0.3, -0.25) is 9.36 Å². The van der Waals surface area contributed by atoms with Gasteiger partial charge in [-0.15, -0.1) is 0 Å². The number of ether oxygens (including phenoxy) is 1. The van der Waals surface area contributed by atoms with Crippen molar-refractivity contribution in [1.29, 1.82) is 0 Å². The highest BCUT2D eigenvalue weighted by molar-refractivity contribution is 7.77. The fraction of sp³-hybridized carbons (Fsp3) is 0.158. The molecule has 25 heavy (non-hydrogen) atoms. The average Bonchev–Trinajstić information content (AvgIpc) is 2.86. The number of carbonyl (C=O) groups excluding carboxylic acids is 2. The molecule has 0 saturated heterocycles. The van der Waals surface area contributed by atoms with Crippen LogP contribution in [0.5, 0.6) is 5.75 Å². The first-order valence-corrected chi connectivity index (χ1v) is 8.39. The molecule has 3 rings (SSSR count). The topological polar surface area (TPSA) is 48.3 Å². The molecule has 2 aromatic carbocycles. The predicted octanol–water partition coefficient (Wildman–Crippen LogP) is 3.92. The van der Waals surface area contributed by atoms with Crippen molar-refractivity contribution >= 4 is 46.2 Å². The highest BCUT2D eigenvalue weighted by atomic mass is 35.5. The number of halogens is 1. The molecule has 0 amide bonds. The van der Waals surface area contributed by atoms with Crippen molar-refractivity contribution in [3.05, 3.63) is 64.3 Å². The fourth-order valence-corrected chi connectivity index (χ4v) is 3.21. The predicted molar refractivity (Wildman–Crippen MR) is 100 cm³/mol. The molecule has 0 atom stereocenters. The first-order chi connectivity index (χ1) is 11.9. The van der Waals surface area contributed by atoms with E-state index in [1.54, 1.807) is 42.0 Å². The standard InChI is InChI=1S/C19H16ClNO3S/c1-11-15(10-18(22)25)16-9-14(24-2)7-8-17(16)21(11)19(23)12-3-5-13(20)6-4-12/h3-9H,10H2,1-2H3,(H,22,25)/p-1. The SMILES string of the molecule is COc1ccc2c(c1)c(CC(=O)[S-])c(C)n2C(=O)c1ccc(Cl)cc1. The Morgan fingerprint density at radius 3 is 2.44 bits per heavy atom. The van der Waals surface area contributed by atoms with Gasteiger partial charge in [0.15, 0.2) is 0 Å². The van der Waals surface area contributed by atoms with Crippen molar-refractivity contribution in [1.82, 2.24) is 4.57 Å². The summed E-state index contributed by atoms with van der Waals surface area (Å²) in [5, 5.41) is 0.981. The van der Waals surface area contributed by atoms with Crippen molar-refractivity contribution in [3.8, 4) is 5.75 Å². The highest BCUT2D eigenvalue weighted by Gasteiger charge is 2.20. The van der Waals surface area contributed by atoms with E-state index in [4.69, 9.17) is 29.0 Å². The summed E-state index contributed by atoms with van der Waals surface area (Å²) in [6, 6.07) is 12.1. The summed E-state index contributed by atoms with van der Waals surface area (Å²) in [5.74, 6) is 0.467. The molecular formula is C19H15ClNO3S-. The number of rotatable bonds is 4. The van der Waals surface area contributed by atoms with E-state index in [9.17, 15) is 9.59 Å². The molecule has 4 nitrogen and oxygen atoms in total. The monoisotopic (exact) mass is 372 g/mol. The van der Waals surface area contributed by atoms with Crippen molar-refractivity contribution in [2.45, 2.75) is 13.3 Å². The number of fused-ring (bicyclic) bond motifs is 1. The normalized spacial score (nSPS) is 10.8. The van der Waals surface area contributed by atoms with E-state index in [2.05, 4.69) is 0 Å². The van der Waals surface area contributed by atoms with E-state index >= 15 is 0 Å². The number of benzene rings is 2. The van der Waals surface area contributed by atoms with Crippen LogP contribution in [0.15, 0.2) is 42.5 Å². The summed E-state index contributed by atoms with van der Waals surface area (Å²) >= 11 is 10.7. The molecule has 0 aliphatic rings. The van der Waals surface area contributed by atoms with Crippen LogP contribution >= 0.6 is 11.6 Å². The molecule has 1 aromatic heterocycles. The summed E-state index contributed by atoms with van der Waals surface area (Å²) < 4.78 is 6.87. The maximum absolute atomic E-state index is 13.0. The van der Waals surface area contributed by atoms with Gasteiger partial charge < -0.3 is 22.2 Å². The molecule has 0 N–H and O–H groups in total. The highest BCUT2D eigenvalue weighted by Crippen LogP contribution is 2.30. The smallest absolute Gasteiger partial charge is 0.262 e. The van der Waals surface area contributed by atoms with Crippen molar-refractivity contribution in [3.63, 3.8) is 0 Å². The minimum absolute atomic E-state index is 0.0890. The number of aromatic nitrogens is 1. The second kappa shape index (κ2) is 6.86. The third kappa shape index (κ3) is 3.25. The van der Waals surface area contributed by atoms with E-state index in [1.165, 1.54) is 0 Å². The average molecular weight is 373 g/mol.